The molecule has 0 bridgehead atoms. The molecule has 13 heavy (non-hydrogen) atoms. The number of nitrogens with one attached hydrogen (secondary N) is 1. The number of pyridine rings is 1. The van der Waals surface area contributed by atoms with Gasteiger partial charge in [-0.1, -0.05) is 11.6 Å². The Kier molecular flexibility index (Phi) is 3.51. The van der Waals surface area contributed by atoms with Crippen molar-refractivity contribution in [3.8, 4) is 5.88 Å². The molecule has 0 aliphatic carbocycles. The van der Waals surface area contributed by atoms with Crippen LogP contribution in [0.4, 0.5) is 0 Å². The average Bonchev–Trinajstić information content (AvgIpc) is 2.16. The molecular weight excluding hydrogens is 188 g/mol. The standard InChI is InChI=1S/C9H13ClN2O/c1-6(11-2)7-4-8(10)9(13-3)12-5-7/h4-6,11H,1-3H3/t6-/m0/s1. The zero-order valence-electron chi connectivity index (χ0n) is 7.97. The van der Waals surface area contributed by atoms with Crippen molar-refractivity contribution >= 4 is 11.6 Å². The van der Waals surface area contributed by atoms with E-state index in [1.807, 2.05) is 20.0 Å². The topological polar surface area (TPSA) is 34.2 Å². The Balaban J connectivity index is 2.95. The van der Waals surface area contributed by atoms with Crippen LogP contribution in [0.1, 0.15) is 18.5 Å². The smallest absolute Gasteiger partial charge is 0.232 e. The Morgan fingerprint density at radius 1 is 1.62 bits per heavy atom. The van der Waals surface area contributed by atoms with Gasteiger partial charge in [-0.25, -0.2) is 4.98 Å². The monoisotopic (exact) mass is 200 g/mol. The van der Waals surface area contributed by atoms with Crippen LogP contribution in [0.25, 0.3) is 0 Å². The van der Waals surface area contributed by atoms with Crippen molar-refractivity contribution in [2.75, 3.05) is 14.2 Å². The normalized spacial score (nSPS) is 12.6. The molecule has 0 radical (unpaired) electrons. The van der Waals surface area contributed by atoms with E-state index in [1.165, 1.54) is 0 Å². The maximum atomic E-state index is 5.92. The molecule has 0 unspecified atom stereocenters. The zero-order valence-corrected chi connectivity index (χ0v) is 8.72. The lowest BCUT2D eigenvalue weighted by molar-refractivity contribution is 0.397. The molecule has 1 atom stereocenters. The number of ether oxygens (including phenoxy) is 1. The van der Waals surface area contributed by atoms with Crippen LogP contribution in [0.2, 0.25) is 5.02 Å². The van der Waals surface area contributed by atoms with Gasteiger partial charge in [-0.15, -0.1) is 0 Å². The fourth-order valence-electron chi connectivity index (χ4n) is 0.994. The Hall–Kier alpha value is -0.800. The summed E-state index contributed by atoms with van der Waals surface area (Å²) in [6.45, 7) is 2.04. The first-order valence-electron chi connectivity index (χ1n) is 4.05. The van der Waals surface area contributed by atoms with Crippen molar-refractivity contribution in [1.29, 1.82) is 0 Å². The maximum absolute atomic E-state index is 5.92. The van der Waals surface area contributed by atoms with Gasteiger partial charge in [-0.2, -0.15) is 0 Å². The number of methoxy groups -OCH3 is 1. The molecule has 0 saturated carbocycles. The zero-order chi connectivity index (χ0) is 9.84. The third-order valence-electron chi connectivity index (χ3n) is 1.95. The summed E-state index contributed by atoms with van der Waals surface area (Å²) in [5.41, 5.74) is 1.05. The molecule has 0 fully saturated rings. The van der Waals surface area contributed by atoms with Crippen LogP contribution in [0.15, 0.2) is 12.3 Å². The van der Waals surface area contributed by atoms with Crippen molar-refractivity contribution in [2.45, 2.75) is 13.0 Å². The van der Waals surface area contributed by atoms with Crippen molar-refractivity contribution in [2.24, 2.45) is 0 Å². The molecule has 0 aliphatic rings. The van der Waals surface area contributed by atoms with E-state index < -0.39 is 0 Å². The van der Waals surface area contributed by atoms with Gasteiger partial charge in [0.1, 0.15) is 5.02 Å². The van der Waals surface area contributed by atoms with E-state index in [2.05, 4.69) is 10.3 Å². The van der Waals surface area contributed by atoms with Crippen molar-refractivity contribution in [3.05, 3.63) is 22.8 Å². The summed E-state index contributed by atoms with van der Waals surface area (Å²) >= 11 is 5.92. The van der Waals surface area contributed by atoms with Gasteiger partial charge < -0.3 is 10.1 Å². The quantitative estimate of drug-likeness (QED) is 0.811. The second-order valence-electron chi connectivity index (χ2n) is 2.77. The SMILES string of the molecule is CN[C@@H](C)c1cnc(OC)c(Cl)c1. The van der Waals surface area contributed by atoms with E-state index in [0.29, 0.717) is 10.9 Å². The van der Waals surface area contributed by atoms with Gasteiger partial charge in [-0.05, 0) is 25.6 Å². The lowest BCUT2D eigenvalue weighted by Crippen LogP contribution is -2.12. The van der Waals surface area contributed by atoms with E-state index in [1.54, 1.807) is 13.3 Å². The Morgan fingerprint density at radius 2 is 2.31 bits per heavy atom. The number of rotatable bonds is 3. The molecule has 0 spiro atoms. The molecule has 0 amide bonds. The molecule has 0 aliphatic heterocycles. The second kappa shape index (κ2) is 4.44. The molecule has 1 heterocycles. The molecule has 72 valence electrons. The molecule has 1 aromatic rings. The van der Waals surface area contributed by atoms with Gasteiger partial charge >= 0.3 is 0 Å². The minimum atomic E-state index is 0.246. The molecule has 3 nitrogen and oxygen atoms in total. The highest BCUT2D eigenvalue weighted by molar-refractivity contribution is 6.31. The van der Waals surface area contributed by atoms with Crippen LogP contribution < -0.4 is 10.1 Å². The van der Waals surface area contributed by atoms with Gasteiger partial charge in [0.25, 0.3) is 0 Å². The van der Waals surface area contributed by atoms with Gasteiger partial charge in [0.2, 0.25) is 5.88 Å². The number of halogens is 1. The summed E-state index contributed by atoms with van der Waals surface area (Å²) in [7, 11) is 3.44. The van der Waals surface area contributed by atoms with Gasteiger partial charge in [-0.3, -0.25) is 0 Å². The van der Waals surface area contributed by atoms with Crippen molar-refractivity contribution in [3.63, 3.8) is 0 Å². The number of hydrogen-bond acceptors (Lipinski definition) is 3. The predicted octanol–water partition coefficient (Wildman–Crippen LogP) is 2.02. The van der Waals surface area contributed by atoms with Crippen LogP contribution >= 0.6 is 11.6 Å². The minimum absolute atomic E-state index is 0.246. The highest BCUT2D eigenvalue weighted by Crippen LogP contribution is 2.24. The second-order valence-corrected chi connectivity index (χ2v) is 3.18. The fraction of sp³-hybridized carbons (Fsp3) is 0.444. The summed E-state index contributed by atoms with van der Waals surface area (Å²) in [5, 5.41) is 3.65. The summed E-state index contributed by atoms with van der Waals surface area (Å²) in [4.78, 5) is 4.07. The summed E-state index contributed by atoms with van der Waals surface area (Å²) in [5.74, 6) is 0.466. The van der Waals surface area contributed by atoms with Gasteiger partial charge in [0.05, 0.1) is 7.11 Å². The summed E-state index contributed by atoms with van der Waals surface area (Å²) in [6.07, 6.45) is 1.76. The predicted molar refractivity (Wildman–Crippen MR) is 53.3 cm³/mol. The molecule has 0 aromatic carbocycles. The first kappa shape index (κ1) is 10.3. The van der Waals surface area contributed by atoms with Gasteiger partial charge in [0.15, 0.2) is 0 Å². The van der Waals surface area contributed by atoms with Crippen molar-refractivity contribution < 1.29 is 4.74 Å². The Morgan fingerprint density at radius 3 is 2.77 bits per heavy atom. The average molecular weight is 201 g/mol. The molecular formula is C9H13ClN2O. The lowest BCUT2D eigenvalue weighted by Gasteiger charge is -2.11. The molecule has 0 saturated heterocycles. The molecule has 1 rings (SSSR count). The highest BCUT2D eigenvalue weighted by Gasteiger charge is 2.07. The third kappa shape index (κ3) is 2.32. The Labute approximate surface area is 83.1 Å². The van der Waals surface area contributed by atoms with E-state index in [0.717, 1.165) is 5.56 Å². The first-order chi connectivity index (χ1) is 6.19. The van der Waals surface area contributed by atoms with Crippen LogP contribution in [0.3, 0.4) is 0 Å². The van der Waals surface area contributed by atoms with E-state index in [4.69, 9.17) is 16.3 Å². The minimum Gasteiger partial charge on any atom is -0.480 e. The van der Waals surface area contributed by atoms with E-state index in [9.17, 15) is 0 Å². The number of aromatic nitrogens is 1. The van der Waals surface area contributed by atoms with Crippen LogP contribution in [-0.2, 0) is 0 Å². The van der Waals surface area contributed by atoms with Crippen LogP contribution in [-0.4, -0.2) is 19.1 Å². The highest BCUT2D eigenvalue weighted by atomic mass is 35.5. The van der Waals surface area contributed by atoms with E-state index >= 15 is 0 Å². The number of hydrogen-bond donors (Lipinski definition) is 1. The Bertz CT molecular complexity index is 291. The van der Waals surface area contributed by atoms with Crippen LogP contribution in [0, 0.1) is 0 Å². The molecule has 1 aromatic heterocycles. The summed E-state index contributed by atoms with van der Waals surface area (Å²) < 4.78 is 4.95. The largest absolute Gasteiger partial charge is 0.480 e. The third-order valence-corrected chi connectivity index (χ3v) is 2.23. The summed E-state index contributed by atoms with van der Waals surface area (Å²) in [6, 6.07) is 2.10. The van der Waals surface area contributed by atoms with Gasteiger partial charge in [0, 0.05) is 12.2 Å². The maximum Gasteiger partial charge on any atom is 0.232 e. The van der Waals surface area contributed by atoms with E-state index in [-0.39, 0.29) is 6.04 Å². The van der Waals surface area contributed by atoms with Crippen LogP contribution in [0.5, 0.6) is 5.88 Å². The number of nitrogens with zero attached hydrogens (tertiary/aromatic N) is 1. The first-order valence-corrected chi connectivity index (χ1v) is 4.43. The lowest BCUT2D eigenvalue weighted by atomic mass is 10.1. The molecule has 1 N–H and O–H groups in total. The van der Waals surface area contributed by atoms with Crippen molar-refractivity contribution in [1.82, 2.24) is 10.3 Å². The fourth-order valence-corrected chi connectivity index (χ4v) is 1.25. The molecule has 4 heteroatoms.